The summed E-state index contributed by atoms with van der Waals surface area (Å²) in [6.07, 6.45) is 0. The molecule has 2 aromatic carbocycles. The average Bonchev–Trinajstić information content (AvgIpc) is 2.96. The third-order valence-electron chi connectivity index (χ3n) is 3.20. The number of thioether (sulfide) groups is 1. The molecule has 1 aromatic heterocycles. The molecule has 118 valence electrons. The van der Waals surface area contributed by atoms with Crippen LogP contribution in [0.3, 0.4) is 0 Å². The molecule has 0 radical (unpaired) electrons. The molecule has 0 aliphatic rings. The van der Waals surface area contributed by atoms with Gasteiger partial charge in [0.25, 0.3) is 0 Å². The van der Waals surface area contributed by atoms with Crippen LogP contribution in [-0.4, -0.2) is 23.3 Å². The number of fused-ring (bicyclic) bond motifs is 1. The van der Waals surface area contributed by atoms with Crippen LogP contribution in [0.15, 0.2) is 53.7 Å². The first kappa shape index (κ1) is 15.4. The summed E-state index contributed by atoms with van der Waals surface area (Å²) >= 11 is 1.43. The normalized spacial score (nSPS) is 10.7. The van der Waals surface area contributed by atoms with Gasteiger partial charge in [-0.25, -0.2) is 9.97 Å². The number of anilines is 1. The maximum Gasteiger partial charge on any atom is 0.315 e. The van der Waals surface area contributed by atoms with Crippen LogP contribution in [0.5, 0.6) is 5.75 Å². The number of ether oxygens (including phenoxy) is 1. The molecule has 1 heterocycles. The molecule has 23 heavy (non-hydrogen) atoms. The number of aromatic nitrogens is 2. The zero-order chi connectivity index (χ0) is 16.1. The zero-order valence-corrected chi connectivity index (χ0v) is 13.6. The van der Waals surface area contributed by atoms with Crippen molar-refractivity contribution >= 4 is 34.4 Å². The number of amides is 1. The molecule has 0 fully saturated rings. The number of H-pyrrole nitrogens is 2. The number of hydrogen-bond acceptors (Lipinski definition) is 3. The SMILES string of the molecule is CCOc1ccc2[nH+]c(SCC(=O)Nc3ccccc3)[nH]c2c1. The minimum Gasteiger partial charge on any atom is -0.494 e. The number of imidazole rings is 1. The van der Waals surface area contributed by atoms with Gasteiger partial charge in [0.2, 0.25) is 5.91 Å². The molecule has 0 unspecified atom stereocenters. The van der Waals surface area contributed by atoms with Crippen LogP contribution in [0.25, 0.3) is 11.0 Å². The molecule has 0 aliphatic heterocycles. The van der Waals surface area contributed by atoms with Gasteiger partial charge in [-0.15, -0.1) is 0 Å². The van der Waals surface area contributed by atoms with Crippen LogP contribution in [0.1, 0.15) is 6.92 Å². The summed E-state index contributed by atoms with van der Waals surface area (Å²) in [4.78, 5) is 18.5. The van der Waals surface area contributed by atoms with Crippen LogP contribution in [0.4, 0.5) is 5.69 Å². The number of benzene rings is 2. The predicted octanol–water partition coefficient (Wildman–Crippen LogP) is 3.11. The van der Waals surface area contributed by atoms with Crippen molar-refractivity contribution in [3.05, 3.63) is 48.5 Å². The molecule has 3 N–H and O–H groups in total. The smallest absolute Gasteiger partial charge is 0.315 e. The number of nitrogens with one attached hydrogen (secondary N) is 3. The summed E-state index contributed by atoms with van der Waals surface area (Å²) in [5.74, 6) is 1.12. The molecule has 0 saturated carbocycles. The Morgan fingerprint density at radius 1 is 1.26 bits per heavy atom. The Bertz CT molecular complexity index is 802. The lowest BCUT2D eigenvalue weighted by molar-refractivity contribution is -0.396. The van der Waals surface area contributed by atoms with Crippen molar-refractivity contribution in [2.45, 2.75) is 12.1 Å². The minimum absolute atomic E-state index is 0.0386. The average molecular weight is 328 g/mol. The van der Waals surface area contributed by atoms with Crippen molar-refractivity contribution in [3.8, 4) is 5.75 Å². The molecule has 3 aromatic rings. The fourth-order valence-corrected chi connectivity index (χ4v) is 2.91. The van der Waals surface area contributed by atoms with E-state index in [-0.39, 0.29) is 5.91 Å². The maximum absolute atomic E-state index is 12.0. The number of aromatic amines is 2. The van der Waals surface area contributed by atoms with Gasteiger partial charge in [0, 0.05) is 11.8 Å². The van der Waals surface area contributed by atoms with E-state index in [0.717, 1.165) is 27.6 Å². The van der Waals surface area contributed by atoms with Gasteiger partial charge in [0.1, 0.15) is 5.75 Å². The first-order valence-electron chi connectivity index (χ1n) is 7.40. The highest BCUT2D eigenvalue weighted by atomic mass is 32.2. The lowest BCUT2D eigenvalue weighted by atomic mass is 10.3. The predicted molar refractivity (Wildman–Crippen MR) is 91.8 cm³/mol. The summed E-state index contributed by atoms with van der Waals surface area (Å²) in [6, 6.07) is 15.3. The van der Waals surface area contributed by atoms with Crippen LogP contribution < -0.4 is 15.0 Å². The molecular weight excluding hydrogens is 310 g/mol. The van der Waals surface area contributed by atoms with E-state index in [2.05, 4.69) is 15.3 Å². The molecule has 3 rings (SSSR count). The highest BCUT2D eigenvalue weighted by molar-refractivity contribution is 7.99. The van der Waals surface area contributed by atoms with Crippen molar-refractivity contribution in [2.75, 3.05) is 17.7 Å². The van der Waals surface area contributed by atoms with Gasteiger partial charge in [0.05, 0.1) is 12.4 Å². The van der Waals surface area contributed by atoms with Crippen molar-refractivity contribution in [1.82, 2.24) is 4.98 Å². The first-order valence-corrected chi connectivity index (χ1v) is 8.38. The Morgan fingerprint density at radius 2 is 2.09 bits per heavy atom. The molecule has 0 aliphatic carbocycles. The Kier molecular flexibility index (Phi) is 4.83. The Labute approximate surface area is 138 Å². The zero-order valence-electron chi connectivity index (χ0n) is 12.8. The van der Waals surface area contributed by atoms with Gasteiger partial charge < -0.3 is 10.1 Å². The number of carbonyl (C=O) groups excluding carboxylic acids is 1. The second-order valence-corrected chi connectivity index (χ2v) is 5.91. The second-order valence-electron chi connectivity index (χ2n) is 4.92. The molecule has 0 spiro atoms. The van der Waals surface area contributed by atoms with Crippen molar-refractivity contribution in [1.29, 1.82) is 0 Å². The Hall–Kier alpha value is -2.47. The Balaban J connectivity index is 1.61. The van der Waals surface area contributed by atoms with Gasteiger partial charge >= 0.3 is 5.16 Å². The molecule has 0 saturated heterocycles. The van der Waals surface area contributed by atoms with E-state index in [1.165, 1.54) is 11.8 Å². The lowest BCUT2D eigenvalue weighted by Gasteiger charge is -2.02. The molecule has 0 bridgehead atoms. The van der Waals surface area contributed by atoms with Gasteiger partial charge in [-0.1, -0.05) is 18.2 Å². The van der Waals surface area contributed by atoms with Crippen LogP contribution in [-0.2, 0) is 4.79 Å². The highest BCUT2D eigenvalue weighted by Crippen LogP contribution is 2.20. The second kappa shape index (κ2) is 7.19. The van der Waals surface area contributed by atoms with E-state index in [0.29, 0.717) is 12.4 Å². The molecular formula is C17H18N3O2S+. The van der Waals surface area contributed by atoms with E-state index >= 15 is 0 Å². The van der Waals surface area contributed by atoms with E-state index in [1.807, 2.05) is 55.5 Å². The third kappa shape index (κ3) is 4.04. The monoisotopic (exact) mass is 328 g/mol. The number of rotatable bonds is 6. The highest BCUT2D eigenvalue weighted by Gasteiger charge is 2.13. The standard InChI is InChI=1S/C17H17N3O2S/c1-2-22-13-8-9-14-15(10-13)20-17(19-14)23-11-16(21)18-12-6-4-3-5-7-12/h3-10H,2,11H2,1H3,(H,18,21)(H,19,20)/p+1. The lowest BCUT2D eigenvalue weighted by Crippen LogP contribution is -2.15. The summed E-state index contributed by atoms with van der Waals surface area (Å²) in [5.41, 5.74) is 2.75. The van der Waals surface area contributed by atoms with Crippen molar-refractivity contribution < 1.29 is 14.5 Å². The fourth-order valence-electron chi connectivity index (χ4n) is 2.20. The summed E-state index contributed by atoms with van der Waals surface area (Å²) in [6.45, 7) is 2.59. The fraction of sp³-hybridized carbons (Fsp3) is 0.176. The summed E-state index contributed by atoms with van der Waals surface area (Å²) in [7, 11) is 0. The van der Waals surface area contributed by atoms with E-state index in [9.17, 15) is 4.79 Å². The quantitative estimate of drug-likeness (QED) is 0.683. The minimum atomic E-state index is -0.0386. The van der Waals surface area contributed by atoms with Crippen LogP contribution in [0, 0.1) is 0 Å². The summed E-state index contributed by atoms with van der Waals surface area (Å²) < 4.78 is 5.48. The van der Waals surface area contributed by atoms with Crippen LogP contribution in [0.2, 0.25) is 0 Å². The number of para-hydroxylation sites is 1. The topological polar surface area (TPSA) is 68.3 Å². The van der Waals surface area contributed by atoms with Gasteiger partial charge in [-0.2, -0.15) is 0 Å². The van der Waals surface area contributed by atoms with Crippen LogP contribution >= 0.6 is 11.8 Å². The van der Waals surface area contributed by atoms with Gasteiger partial charge in [-0.05, 0) is 43.0 Å². The molecule has 6 heteroatoms. The number of hydrogen-bond donors (Lipinski definition) is 2. The largest absolute Gasteiger partial charge is 0.494 e. The van der Waals surface area contributed by atoms with Crippen molar-refractivity contribution in [3.63, 3.8) is 0 Å². The molecule has 0 atom stereocenters. The molecule has 5 nitrogen and oxygen atoms in total. The third-order valence-corrected chi connectivity index (χ3v) is 4.10. The van der Waals surface area contributed by atoms with E-state index < -0.39 is 0 Å². The molecule has 1 amide bonds. The van der Waals surface area contributed by atoms with Crippen molar-refractivity contribution in [2.24, 2.45) is 0 Å². The number of carbonyl (C=O) groups is 1. The Morgan fingerprint density at radius 3 is 2.87 bits per heavy atom. The van der Waals surface area contributed by atoms with Gasteiger partial charge in [0.15, 0.2) is 11.0 Å². The van der Waals surface area contributed by atoms with E-state index in [4.69, 9.17) is 4.74 Å². The first-order chi connectivity index (χ1) is 11.2. The summed E-state index contributed by atoms with van der Waals surface area (Å²) in [5, 5.41) is 3.71. The maximum atomic E-state index is 12.0. The van der Waals surface area contributed by atoms with Gasteiger partial charge in [-0.3, -0.25) is 4.79 Å². The van der Waals surface area contributed by atoms with E-state index in [1.54, 1.807) is 0 Å².